The van der Waals surface area contributed by atoms with Crippen LogP contribution in [0.15, 0.2) is 18.5 Å². The molecule has 0 radical (unpaired) electrons. The van der Waals surface area contributed by atoms with Crippen LogP contribution in [0.1, 0.15) is 44.0 Å². The number of aliphatic hydroxyl groups is 1. The average molecular weight is 335 g/mol. The van der Waals surface area contributed by atoms with Crippen LogP contribution in [0.5, 0.6) is 0 Å². The summed E-state index contributed by atoms with van der Waals surface area (Å²) in [5.41, 5.74) is 0.184. The van der Waals surface area contributed by atoms with Crippen molar-refractivity contribution >= 4 is 17.5 Å². The highest BCUT2D eigenvalue weighted by atomic mass is 16.5. The van der Waals surface area contributed by atoms with Gasteiger partial charge < -0.3 is 20.5 Å². The highest BCUT2D eigenvalue weighted by Gasteiger charge is 2.26. The molecule has 2 amide bonds. The molecule has 2 atom stereocenters. The van der Waals surface area contributed by atoms with Crippen LogP contribution in [-0.4, -0.2) is 47.3 Å². The third-order valence-electron chi connectivity index (χ3n) is 3.88. The molecule has 0 bridgehead atoms. The maximum Gasteiger partial charge on any atom is 0.255 e. The minimum Gasteiger partial charge on any atom is -0.394 e. The van der Waals surface area contributed by atoms with Crippen molar-refractivity contribution in [3.05, 3.63) is 24.0 Å². The van der Waals surface area contributed by atoms with Crippen LogP contribution < -0.4 is 10.6 Å². The molecular weight excluding hydrogens is 310 g/mol. The van der Waals surface area contributed by atoms with Gasteiger partial charge in [-0.3, -0.25) is 14.6 Å². The van der Waals surface area contributed by atoms with Crippen LogP contribution in [0, 0.1) is 5.41 Å². The summed E-state index contributed by atoms with van der Waals surface area (Å²) < 4.78 is 5.59. The Bertz CT molecular complexity index is 598. The Morgan fingerprint density at radius 1 is 1.33 bits per heavy atom. The van der Waals surface area contributed by atoms with E-state index in [1.807, 2.05) is 0 Å². The van der Waals surface area contributed by atoms with Crippen molar-refractivity contribution in [2.24, 2.45) is 5.41 Å². The van der Waals surface area contributed by atoms with Crippen molar-refractivity contribution in [1.82, 2.24) is 10.3 Å². The molecule has 3 N–H and O–H groups in total. The van der Waals surface area contributed by atoms with E-state index in [9.17, 15) is 9.59 Å². The topological polar surface area (TPSA) is 101 Å². The predicted octanol–water partition coefficient (Wildman–Crippen LogP) is 1.34. The van der Waals surface area contributed by atoms with Crippen molar-refractivity contribution in [2.45, 2.75) is 45.8 Å². The fraction of sp³-hybridized carbons (Fsp3) is 0.588. The van der Waals surface area contributed by atoms with Gasteiger partial charge in [-0.1, -0.05) is 20.8 Å². The summed E-state index contributed by atoms with van der Waals surface area (Å²) in [4.78, 5) is 28.5. The van der Waals surface area contributed by atoms with Gasteiger partial charge in [-0.2, -0.15) is 0 Å². The third kappa shape index (κ3) is 4.75. The lowest BCUT2D eigenvalue weighted by molar-refractivity contribution is -0.123. The second-order valence-corrected chi connectivity index (χ2v) is 6.98. The minimum absolute atomic E-state index is 0.00393. The quantitative estimate of drug-likeness (QED) is 0.754. The van der Waals surface area contributed by atoms with E-state index in [0.717, 1.165) is 12.8 Å². The molecule has 0 unspecified atom stereocenters. The molecule has 24 heavy (non-hydrogen) atoms. The van der Waals surface area contributed by atoms with Crippen molar-refractivity contribution < 1.29 is 19.4 Å². The number of carbonyl (C=O) groups excluding carboxylic acids is 2. The molecule has 1 aliphatic heterocycles. The van der Waals surface area contributed by atoms with Gasteiger partial charge in [0.15, 0.2) is 0 Å². The van der Waals surface area contributed by atoms with E-state index in [0.29, 0.717) is 17.8 Å². The molecule has 1 saturated heterocycles. The lowest BCUT2D eigenvalue weighted by Crippen LogP contribution is -2.34. The summed E-state index contributed by atoms with van der Waals surface area (Å²) in [5.74, 6) is -0.490. The fourth-order valence-electron chi connectivity index (χ4n) is 2.36. The van der Waals surface area contributed by atoms with E-state index >= 15 is 0 Å². The number of ether oxygens (including phenoxy) is 1. The van der Waals surface area contributed by atoms with Crippen molar-refractivity contribution in [1.29, 1.82) is 0 Å². The molecule has 0 spiro atoms. The molecule has 1 aliphatic rings. The number of anilines is 1. The van der Waals surface area contributed by atoms with Crippen LogP contribution >= 0.6 is 0 Å². The summed E-state index contributed by atoms with van der Waals surface area (Å²) in [6.45, 7) is 5.77. The first-order chi connectivity index (χ1) is 11.3. The molecular formula is C17H25N3O4. The zero-order valence-electron chi connectivity index (χ0n) is 14.3. The number of hydrogen-bond acceptors (Lipinski definition) is 5. The van der Waals surface area contributed by atoms with E-state index < -0.39 is 5.41 Å². The Morgan fingerprint density at radius 3 is 2.67 bits per heavy atom. The number of amides is 2. The van der Waals surface area contributed by atoms with E-state index in [1.165, 1.54) is 12.4 Å². The van der Waals surface area contributed by atoms with Gasteiger partial charge in [-0.25, -0.2) is 0 Å². The Morgan fingerprint density at radius 2 is 2.04 bits per heavy atom. The number of nitrogens with one attached hydrogen (secondary N) is 2. The molecule has 2 heterocycles. The molecule has 0 saturated carbocycles. The zero-order valence-corrected chi connectivity index (χ0v) is 14.3. The normalized spacial score (nSPS) is 20.7. The van der Waals surface area contributed by atoms with E-state index in [1.54, 1.807) is 26.8 Å². The summed E-state index contributed by atoms with van der Waals surface area (Å²) in [6.07, 6.45) is 4.30. The molecule has 0 aliphatic carbocycles. The molecule has 1 aromatic rings. The number of aromatic nitrogens is 1. The number of pyridine rings is 1. The van der Waals surface area contributed by atoms with Gasteiger partial charge in [-0.15, -0.1) is 0 Å². The summed E-state index contributed by atoms with van der Waals surface area (Å²) in [6, 6.07) is 1.60. The Hall–Kier alpha value is -1.99. The third-order valence-corrected chi connectivity index (χ3v) is 3.88. The highest BCUT2D eigenvalue weighted by Crippen LogP contribution is 2.21. The average Bonchev–Trinajstić information content (AvgIpc) is 3.00. The Labute approximate surface area is 141 Å². The Kier molecular flexibility index (Phi) is 5.90. The SMILES string of the molecule is CC(C)(C)C(=O)Nc1ccncc1C(=O)NC[C@H]1CC[C@@H](CO)O1. The van der Waals surface area contributed by atoms with E-state index in [-0.39, 0.29) is 30.6 Å². The second-order valence-electron chi connectivity index (χ2n) is 6.98. The number of rotatable bonds is 5. The second kappa shape index (κ2) is 7.72. The monoisotopic (exact) mass is 335 g/mol. The molecule has 132 valence electrons. The largest absolute Gasteiger partial charge is 0.394 e. The van der Waals surface area contributed by atoms with Crippen LogP contribution in [-0.2, 0) is 9.53 Å². The first-order valence-electron chi connectivity index (χ1n) is 8.11. The zero-order chi connectivity index (χ0) is 17.7. The smallest absolute Gasteiger partial charge is 0.255 e. The first kappa shape index (κ1) is 18.4. The first-order valence-corrected chi connectivity index (χ1v) is 8.11. The Balaban J connectivity index is 1.98. The van der Waals surface area contributed by atoms with Crippen LogP contribution in [0.25, 0.3) is 0 Å². The van der Waals surface area contributed by atoms with Gasteiger partial charge in [0, 0.05) is 24.4 Å². The van der Waals surface area contributed by atoms with Gasteiger partial charge in [-0.05, 0) is 18.9 Å². The highest BCUT2D eigenvalue weighted by molar-refractivity contribution is 6.04. The molecule has 1 aromatic heterocycles. The molecule has 7 heteroatoms. The van der Waals surface area contributed by atoms with Crippen LogP contribution in [0.2, 0.25) is 0 Å². The standard InChI is InChI=1S/C17H25N3O4/c1-17(2,3)16(23)20-14-6-7-18-9-13(14)15(22)19-8-11-4-5-12(10-21)24-11/h6-7,9,11-12,21H,4-5,8,10H2,1-3H3,(H,19,22)(H,18,20,23)/t11-,12+/m1/s1. The maximum atomic E-state index is 12.4. The van der Waals surface area contributed by atoms with Gasteiger partial charge in [0.25, 0.3) is 5.91 Å². The number of carbonyl (C=O) groups is 2. The number of aliphatic hydroxyl groups excluding tert-OH is 1. The van der Waals surface area contributed by atoms with E-state index in [4.69, 9.17) is 9.84 Å². The molecule has 7 nitrogen and oxygen atoms in total. The van der Waals surface area contributed by atoms with Gasteiger partial charge >= 0.3 is 0 Å². The van der Waals surface area contributed by atoms with Crippen molar-refractivity contribution in [2.75, 3.05) is 18.5 Å². The minimum atomic E-state index is -0.561. The van der Waals surface area contributed by atoms with E-state index in [2.05, 4.69) is 15.6 Å². The molecule has 1 fully saturated rings. The number of hydrogen-bond donors (Lipinski definition) is 3. The maximum absolute atomic E-state index is 12.4. The lowest BCUT2D eigenvalue weighted by atomic mass is 9.95. The lowest BCUT2D eigenvalue weighted by Gasteiger charge is -2.19. The van der Waals surface area contributed by atoms with Gasteiger partial charge in [0.05, 0.1) is 30.1 Å². The summed E-state index contributed by atoms with van der Waals surface area (Å²) in [5, 5.41) is 14.6. The van der Waals surface area contributed by atoms with Crippen LogP contribution in [0.4, 0.5) is 5.69 Å². The summed E-state index contributed by atoms with van der Waals surface area (Å²) in [7, 11) is 0. The molecule has 2 rings (SSSR count). The number of nitrogens with zero attached hydrogens (tertiary/aromatic N) is 1. The predicted molar refractivity (Wildman–Crippen MR) is 89.6 cm³/mol. The van der Waals surface area contributed by atoms with Gasteiger partial charge in [0.1, 0.15) is 0 Å². The molecule has 0 aromatic carbocycles. The van der Waals surface area contributed by atoms with Crippen LogP contribution in [0.3, 0.4) is 0 Å². The fourth-order valence-corrected chi connectivity index (χ4v) is 2.36. The summed E-state index contributed by atoms with van der Waals surface area (Å²) >= 11 is 0. The van der Waals surface area contributed by atoms with Crippen molar-refractivity contribution in [3.63, 3.8) is 0 Å². The van der Waals surface area contributed by atoms with Gasteiger partial charge in [0.2, 0.25) is 5.91 Å². The van der Waals surface area contributed by atoms with Crippen molar-refractivity contribution in [3.8, 4) is 0 Å².